The molecule has 1 unspecified atom stereocenters. The van der Waals surface area contributed by atoms with Crippen molar-refractivity contribution in [3.8, 4) is 0 Å². The van der Waals surface area contributed by atoms with Crippen molar-refractivity contribution < 1.29 is 8.42 Å². The van der Waals surface area contributed by atoms with Crippen molar-refractivity contribution in [3.05, 3.63) is 30.3 Å². The second-order valence-corrected chi connectivity index (χ2v) is 6.13. The lowest BCUT2D eigenvalue weighted by Crippen LogP contribution is -2.26. The van der Waals surface area contributed by atoms with Crippen molar-refractivity contribution in [2.45, 2.75) is 17.7 Å². The molecule has 0 radical (unpaired) electrons. The molecular weight excluding hydrogens is 236 g/mol. The summed E-state index contributed by atoms with van der Waals surface area (Å²) in [7, 11) is -3.32. The zero-order chi connectivity index (χ0) is 12.1. The second-order valence-electron chi connectivity index (χ2n) is 4.36. The Morgan fingerprint density at radius 2 is 2.06 bits per heavy atom. The van der Waals surface area contributed by atoms with Crippen molar-refractivity contribution in [2.75, 3.05) is 19.6 Å². The maximum absolute atomic E-state index is 11.9. The first-order chi connectivity index (χ1) is 8.18. The summed E-state index contributed by atoms with van der Waals surface area (Å²) in [6.45, 7) is 2.58. The molecule has 1 atom stereocenters. The van der Waals surface area contributed by atoms with E-state index in [4.69, 9.17) is 0 Å². The third kappa shape index (κ3) is 3.52. The lowest BCUT2D eigenvalue weighted by molar-refractivity contribution is 0.519. The lowest BCUT2D eigenvalue weighted by atomic mass is 10.1. The Labute approximate surface area is 102 Å². The molecule has 94 valence electrons. The molecular formula is C12H18N2O2S. The molecule has 0 aliphatic carbocycles. The van der Waals surface area contributed by atoms with Gasteiger partial charge in [0.2, 0.25) is 10.0 Å². The van der Waals surface area contributed by atoms with Crippen LogP contribution in [0.3, 0.4) is 0 Å². The Bertz CT molecular complexity index is 439. The number of hydrogen-bond acceptors (Lipinski definition) is 3. The summed E-state index contributed by atoms with van der Waals surface area (Å²) in [4.78, 5) is 0.338. The van der Waals surface area contributed by atoms with E-state index in [1.165, 1.54) is 0 Å². The molecule has 1 fully saturated rings. The molecule has 1 saturated heterocycles. The zero-order valence-corrected chi connectivity index (χ0v) is 10.5. The van der Waals surface area contributed by atoms with Crippen LogP contribution in [0.5, 0.6) is 0 Å². The number of rotatable bonds is 5. The van der Waals surface area contributed by atoms with E-state index in [0.29, 0.717) is 17.4 Å². The predicted molar refractivity (Wildman–Crippen MR) is 67.2 cm³/mol. The Hall–Kier alpha value is -0.910. The number of sulfonamides is 1. The van der Waals surface area contributed by atoms with Crippen LogP contribution in [0.2, 0.25) is 0 Å². The van der Waals surface area contributed by atoms with Crippen molar-refractivity contribution in [1.82, 2.24) is 10.0 Å². The predicted octanol–water partition coefficient (Wildman–Crippen LogP) is 0.964. The fourth-order valence-electron chi connectivity index (χ4n) is 2.04. The molecule has 1 heterocycles. The number of hydrogen-bond donors (Lipinski definition) is 2. The molecule has 1 aliphatic heterocycles. The van der Waals surface area contributed by atoms with E-state index in [2.05, 4.69) is 10.0 Å². The highest BCUT2D eigenvalue weighted by Gasteiger charge is 2.16. The molecule has 1 aliphatic rings. The van der Waals surface area contributed by atoms with Gasteiger partial charge in [-0.25, -0.2) is 13.1 Å². The van der Waals surface area contributed by atoms with Gasteiger partial charge in [-0.05, 0) is 44.0 Å². The van der Waals surface area contributed by atoms with E-state index < -0.39 is 10.0 Å². The zero-order valence-electron chi connectivity index (χ0n) is 9.72. The SMILES string of the molecule is O=S(=O)(NCCC1CCNC1)c1ccccc1. The van der Waals surface area contributed by atoms with Crippen LogP contribution in [0.1, 0.15) is 12.8 Å². The van der Waals surface area contributed by atoms with Crippen LogP contribution in [0, 0.1) is 5.92 Å². The van der Waals surface area contributed by atoms with Crippen molar-refractivity contribution >= 4 is 10.0 Å². The van der Waals surface area contributed by atoms with E-state index in [-0.39, 0.29) is 0 Å². The fourth-order valence-corrected chi connectivity index (χ4v) is 3.11. The van der Waals surface area contributed by atoms with Gasteiger partial charge in [0.1, 0.15) is 0 Å². The van der Waals surface area contributed by atoms with Gasteiger partial charge in [-0.1, -0.05) is 18.2 Å². The van der Waals surface area contributed by atoms with Crippen LogP contribution in [-0.2, 0) is 10.0 Å². The minimum absolute atomic E-state index is 0.338. The smallest absolute Gasteiger partial charge is 0.240 e. The minimum Gasteiger partial charge on any atom is -0.316 e. The average Bonchev–Trinajstić information content (AvgIpc) is 2.83. The molecule has 5 heteroatoms. The van der Waals surface area contributed by atoms with Gasteiger partial charge in [-0.3, -0.25) is 0 Å². The summed E-state index contributed by atoms with van der Waals surface area (Å²) < 4.78 is 26.4. The van der Waals surface area contributed by atoms with Crippen molar-refractivity contribution in [2.24, 2.45) is 5.92 Å². The summed E-state index contributed by atoms with van der Waals surface area (Å²) in [5.74, 6) is 0.605. The Kier molecular flexibility index (Phi) is 4.15. The molecule has 2 N–H and O–H groups in total. The van der Waals surface area contributed by atoms with Gasteiger partial charge < -0.3 is 5.32 Å². The molecule has 0 bridgehead atoms. The highest BCUT2D eigenvalue weighted by atomic mass is 32.2. The maximum Gasteiger partial charge on any atom is 0.240 e. The average molecular weight is 254 g/mol. The number of benzene rings is 1. The van der Waals surface area contributed by atoms with Crippen LogP contribution in [0.25, 0.3) is 0 Å². The van der Waals surface area contributed by atoms with Crippen LogP contribution in [0.4, 0.5) is 0 Å². The molecule has 0 spiro atoms. The first-order valence-electron chi connectivity index (χ1n) is 5.94. The third-order valence-corrected chi connectivity index (χ3v) is 4.54. The fraction of sp³-hybridized carbons (Fsp3) is 0.500. The molecule has 17 heavy (non-hydrogen) atoms. The molecule has 4 nitrogen and oxygen atoms in total. The largest absolute Gasteiger partial charge is 0.316 e. The van der Waals surface area contributed by atoms with Gasteiger partial charge in [0, 0.05) is 6.54 Å². The van der Waals surface area contributed by atoms with Gasteiger partial charge >= 0.3 is 0 Å². The van der Waals surface area contributed by atoms with Crippen LogP contribution in [0.15, 0.2) is 35.2 Å². The van der Waals surface area contributed by atoms with Crippen molar-refractivity contribution in [1.29, 1.82) is 0 Å². The van der Waals surface area contributed by atoms with Crippen LogP contribution >= 0.6 is 0 Å². The Morgan fingerprint density at radius 1 is 1.29 bits per heavy atom. The molecule has 0 amide bonds. The van der Waals surface area contributed by atoms with Gasteiger partial charge in [0.25, 0.3) is 0 Å². The van der Waals surface area contributed by atoms with Crippen LogP contribution in [-0.4, -0.2) is 28.1 Å². The topological polar surface area (TPSA) is 58.2 Å². The Morgan fingerprint density at radius 3 is 2.71 bits per heavy atom. The quantitative estimate of drug-likeness (QED) is 0.823. The van der Waals surface area contributed by atoms with E-state index in [1.54, 1.807) is 24.3 Å². The summed E-state index contributed by atoms with van der Waals surface area (Å²) in [6, 6.07) is 8.49. The summed E-state index contributed by atoms with van der Waals surface area (Å²) in [5.41, 5.74) is 0. The van der Waals surface area contributed by atoms with Gasteiger partial charge in [-0.2, -0.15) is 0 Å². The Balaban J connectivity index is 1.85. The first kappa shape index (κ1) is 12.5. The van der Waals surface area contributed by atoms with Gasteiger partial charge in [-0.15, -0.1) is 0 Å². The standard InChI is InChI=1S/C12H18N2O2S/c15-17(16,12-4-2-1-3-5-12)14-9-7-11-6-8-13-10-11/h1-5,11,13-14H,6-10H2. The maximum atomic E-state index is 11.9. The minimum atomic E-state index is -3.32. The van der Waals surface area contributed by atoms with Crippen LogP contribution < -0.4 is 10.0 Å². The van der Waals surface area contributed by atoms with E-state index in [0.717, 1.165) is 25.9 Å². The second kappa shape index (κ2) is 5.62. The molecule has 0 saturated carbocycles. The van der Waals surface area contributed by atoms with E-state index in [1.807, 2.05) is 6.07 Å². The molecule has 0 aromatic heterocycles. The number of nitrogens with one attached hydrogen (secondary N) is 2. The lowest BCUT2D eigenvalue weighted by Gasteiger charge is -2.09. The van der Waals surface area contributed by atoms with Gasteiger partial charge in [0.15, 0.2) is 0 Å². The molecule has 1 aromatic rings. The van der Waals surface area contributed by atoms with E-state index >= 15 is 0 Å². The normalized spacial score (nSPS) is 20.6. The highest BCUT2D eigenvalue weighted by Crippen LogP contribution is 2.12. The van der Waals surface area contributed by atoms with Gasteiger partial charge in [0.05, 0.1) is 4.90 Å². The van der Waals surface area contributed by atoms with Crippen molar-refractivity contribution in [3.63, 3.8) is 0 Å². The summed E-state index contributed by atoms with van der Waals surface area (Å²) >= 11 is 0. The summed E-state index contributed by atoms with van der Waals surface area (Å²) in [6.07, 6.45) is 2.05. The van der Waals surface area contributed by atoms with E-state index in [9.17, 15) is 8.42 Å². The molecule has 2 rings (SSSR count). The first-order valence-corrected chi connectivity index (χ1v) is 7.42. The molecule has 1 aromatic carbocycles. The summed E-state index contributed by atoms with van der Waals surface area (Å²) in [5, 5.41) is 3.27. The monoisotopic (exact) mass is 254 g/mol. The highest BCUT2D eigenvalue weighted by molar-refractivity contribution is 7.89. The third-order valence-electron chi connectivity index (χ3n) is 3.06.